The lowest BCUT2D eigenvalue weighted by atomic mass is 10.2. The molecule has 0 saturated carbocycles. The molecule has 68 valence electrons. The summed E-state index contributed by atoms with van der Waals surface area (Å²) in [6.07, 6.45) is 1.96. The summed E-state index contributed by atoms with van der Waals surface area (Å²) >= 11 is 16.9. The predicted octanol–water partition coefficient (Wildman–Crippen LogP) is 2.44. The van der Waals surface area contributed by atoms with Crippen LogP contribution in [-0.2, 0) is 0 Å². The van der Waals surface area contributed by atoms with E-state index in [1.165, 1.54) is 0 Å². The zero-order valence-electron chi connectivity index (χ0n) is 6.45. The third kappa shape index (κ3) is 8.74. The Labute approximate surface area is 83.4 Å². The number of halogens is 3. The van der Waals surface area contributed by atoms with Crippen LogP contribution in [-0.4, -0.2) is 30.2 Å². The Morgan fingerprint density at radius 3 is 2.45 bits per heavy atom. The van der Waals surface area contributed by atoms with Crippen molar-refractivity contribution in [3.8, 4) is 0 Å². The topological polar surface area (TPSA) is 12.0 Å². The Morgan fingerprint density at radius 1 is 1.18 bits per heavy atom. The fourth-order valence-electron chi connectivity index (χ4n) is 0.726. The maximum Gasteiger partial charge on any atom is 0.0461 e. The lowest BCUT2D eigenvalue weighted by Crippen LogP contribution is -2.25. The van der Waals surface area contributed by atoms with Gasteiger partial charge in [-0.05, 0) is 12.8 Å². The van der Waals surface area contributed by atoms with Crippen LogP contribution in [0.5, 0.6) is 0 Å². The van der Waals surface area contributed by atoms with Gasteiger partial charge in [0.2, 0.25) is 0 Å². The number of nitrogens with one attached hydrogen (secondary N) is 1. The molecule has 0 spiro atoms. The van der Waals surface area contributed by atoms with Crippen molar-refractivity contribution >= 4 is 34.8 Å². The number of alkyl halides is 3. The summed E-state index contributed by atoms with van der Waals surface area (Å²) in [6, 6.07) is 0. The van der Waals surface area contributed by atoms with Crippen LogP contribution in [0.2, 0.25) is 0 Å². The Hall–Kier alpha value is 0.830. The monoisotopic (exact) mass is 217 g/mol. The average molecular weight is 219 g/mol. The van der Waals surface area contributed by atoms with Crippen molar-refractivity contribution in [2.45, 2.75) is 18.2 Å². The molecule has 0 saturated heterocycles. The van der Waals surface area contributed by atoms with Crippen LogP contribution in [0.25, 0.3) is 0 Å². The minimum atomic E-state index is 0.192. The van der Waals surface area contributed by atoms with Crippen molar-refractivity contribution < 1.29 is 0 Å². The van der Waals surface area contributed by atoms with Crippen molar-refractivity contribution in [3.05, 3.63) is 0 Å². The standard InChI is InChI=1S/C7H14Cl3N/c8-3-1-2-7(10)6-11-5-4-9/h7,11H,1-6H2/t7-/m1/s1. The zero-order valence-corrected chi connectivity index (χ0v) is 8.72. The van der Waals surface area contributed by atoms with Gasteiger partial charge in [0, 0.05) is 30.2 Å². The molecule has 1 atom stereocenters. The zero-order chi connectivity index (χ0) is 8.53. The molecule has 0 aromatic rings. The van der Waals surface area contributed by atoms with Crippen LogP contribution in [0.3, 0.4) is 0 Å². The Kier molecular flexibility index (Phi) is 9.60. The summed E-state index contributed by atoms with van der Waals surface area (Å²) in [7, 11) is 0. The normalized spacial score (nSPS) is 13.4. The molecule has 0 aromatic heterocycles. The third-order valence-electron chi connectivity index (χ3n) is 1.29. The molecular weight excluding hydrogens is 204 g/mol. The van der Waals surface area contributed by atoms with Gasteiger partial charge in [-0.15, -0.1) is 34.8 Å². The average Bonchev–Trinajstić information content (AvgIpc) is 2.01. The van der Waals surface area contributed by atoms with Crippen molar-refractivity contribution in [3.63, 3.8) is 0 Å². The predicted molar refractivity (Wildman–Crippen MR) is 53.2 cm³/mol. The first-order valence-electron chi connectivity index (χ1n) is 3.78. The van der Waals surface area contributed by atoms with Crippen LogP contribution < -0.4 is 5.32 Å². The molecule has 0 fully saturated rings. The van der Waals surface area contributed by atoms with Gasteiger partial charge in [0.25, 0.3) is 0 Å². The SMILES string of the molecule is ClCCC[C@@H](Cl)CNCCCl. The number of hydrogen-bond donors (Lipinski definition) is 1. The van der Waals surface area contributed by atoms with Crippen LogP contribution in [0.4, 0.5) is 0 Å². The molecule has 11 heavy (non-hydrogen) atoms. The first-order chi connectivity index (χ1) is 5.31. The maximum absolute atomic E-state index is 5.93. The third-order valence-corrected chi connectivity index (χ3v) is 2.12. The molecule has 1 nitrogen and oxygen atoms in total. The molecule has 0 aliphatic carbocycles. The lowest BCUT2D eigenvalue weighted by Gasteiger charge is -2.08. The Bertz CT molecular complexity index is 80.1. The van der Waals surface area contributed by atoms with Crippen LogP contribution in [0.1, 0.15) is 12.8 Å². The lowest BCUT2D eigenvalue weighted by molar-refractivity contribution is 0.643. The van der Waals surface area contributed by atoms with Gasteiger partial charge in [-0.2, -0.15) is 0 Å². The quantitative estimate of drug-likeness (QED) is 0.511. The van der Waals surface area contributed by atoms with Gasteiger partial charge in [0.15, 0.2) is 0 Å². The molecule has 4 heteroatoms. The molecule has 1 N–H and O–H groups in total. The second-order valence-corrected chi connectivity index (χ2v) is 3.69. The van der Waals surface area contributed by atoms with E-state index in [0.29, 0.717) is 11.8 Å². The summed E-state index contributed by atoms with van der Waals surface area (Å²) in [5.41, 5.74) is 0. The van der Waals surface area contributed by atoms with E-state index in [-0.39, 0.29) is 5.38 Å². The largest absolute Gasteiger partial charge is 0.314 e. The number of rotatable bonds is 7. The van der Waals surface area contributed by atoms with Crippen LogP contribution in [0, 0.1) is 0 Å². The highest BCUT2D eigenvalue weighted by molar-refractivity contribution is 6.21. The molecule has 0 radical (unpaired) electrons. The highest BCUT2D eigenvalue weighted by Crippen LogP contribution is 2.04. The van der Waals surface area contributed by atoms with Crippen LogP contribution in [0.15, 0.2) is 0 Å². The van der Waals surface area contributed by atoms with Gasteiger partial charge in [0.1, 0.15) is 0 Å². The highest BCUT2D eigenvalue weighted by atomic mass is 35.5. The molecule has 0 unspecified atom stereocenters. The van der Waals surface area contributed by atoms with E-state index in [1.54, 1.807) is 0 Å². The molecular formula is C7H14Cl3N. The second kappa shape index (κ2) is 8.92. The van der Waals surface area contributed by atoms with E-state index < -0.39 is 0 Å². The summed E-state index contributed by atoms with van der Waals surface area (Å²) in [4.78, 5) is 0. The minimum absolute atomic E-state index is 0.192. The first kappa shape index (κ1) is 11.8. The summed E-state index contributed by atoms with van der Waals surface area (Å²) in [5, 5.41) is 3.33. The van der Waals surface area contributed by atoms with Gasteiger partial charge < -0.3 is 5.32 Å². The van der Waals surface area contributed by atoms with Crippen LogP contribution >= 0.6 is 34.8 Å². The fourth-order valence-corrected chi connectivity index (χ4v) is 1.28. The van der Waals surface area contributed by atoms with Gasteiger partial charge in [0.05, 0.1) is 0 Å². The first-order valence-corrected chi connectivity index (χ1v) is 5.28. The highest BCUT2D eigenvalue weighted by Gasteiger charge is 2.01. The molecule has 0 rings (SSSR count). The Morgan fingerprint density at radius 2 is 1.91 bits per heavy atom. The minimum Gasteiger partial charge on any atom is -0.314 e. The summed E-state index contributed by atoms with van der Waals surface area (Å²) in [5.74, 6) is 1.33. The van der Waals surface area contributed by atoms with E-state index in [4.69, 9.17) is 34.8 Å². The van der Waals surface area contributed by atoms with E-state index in [2.05, 4.69) is 5.32 Å². The van der Waals surface area contributed by atoms with Gasteiger partial charge in [-0.25, -0.2) is 0 Å². The van der Waals surface area contributed by atoms with Crippen molar-refractivity contribution in [2.24, 2.45) is 0 Å². The fraction of sp³-hybridized carbons (Fsp3) is 1.00. The molecule has 0 bridgehead atoms. The van der Waals surface area contributed by atoms with E-state index >= 15 is 0 Å². The van der Waals surface area contributed by atoms with E-state index in [9.17, 15) is 0 Å². The van der Waals surface area contributed by atoms with Crippen molar-refractivity contribution in [1.82, 2.24) is 5.32 Å². The molecule has 0 aromatic carbocycles. The van der Waals surface area contributed by atoms with Crippen molar-refractivity contribution in [1.29, 1.82) is 0 Å². The Balaban J connectivity index is 3.02. The number of hydrogen-bond acceptors (Lipinski definition) is 1. The van der Waals surface area contributed by atoms with Gasteiger partial charge in [-0.3, -0.25) is 0 Å². The molecule has 0 aliphatic heterocycles. The smallest absolute Gasteiger partial charge is 0.0461 e. The molecule has 0 heterocycles. The van der Waals surface area contributed by atoms with E-state index in [1.807, 2.05) is 0 Å². The summed E-state index contributed by atoms with van der Waals surface area (Å²) < 4.78 is 0. The van der Waals surface area contributed by atoms with Gasteiger partial charge in [-0.1, -0.05) is 0 Å². The molecule has 0 aliphatic rings. The summed E-state index contributed by atoms with van der Waals surface area (Å²) in [6.45, 7) is 1.65. The van der Waals surface area contributed by atoms with Crippen molar-refractivity contribution in [2.75, 3.05) is 24.8 Å². The van der Waals surface area contributed by atoms with Gasteiger partial charge >= 0.3 is 0 Å². The second-order valence-electron chi connectivity index (χ2n) is 2.32. The maximum atomic E-state index is 5.93. The van der Waals surface area contributed by atoms with E-state index in [0.717, 1.165) is 25.9 Å². The molecule has 0 amide bonds.